The summed E-state index contributed by atoms with van der Waals surface area (Å²) in [7, 11) is 0. The molecule has 1 saturated carbocycles. The van der Waals surface area contributed by atoms with Crippen molar-refractivity contribution in [3.63, 3.8) is 0 Å². The molecule has 0 aromatic heterocycles. The van der Waals surface area contributed by atoms with Crippen molar-refractivity contribution in [1.82, 2.24) is 0 Å². The molecule has 1 aromatic rings. The molecule has 0 saturated heterocycles. The third-order valence-corrected chi connectivity index (χ3v) is 4.59. The average molecular weight is 334 g/mol. The Hall–Kier alpha value is -0.0200. The molecule has 0 radical (unpaired) electrons. The van der Waals surface area contributed by atoms with Crippen molar-refractivity contribution in [3.05, 3.63) is 28.2 Å². The Morgan fingerprint density at radius 2 is 2.13 bits per heavy atom. The predicted molar refractivity (Wildman–Crippen MR) is 69.8 cm³/mol. The van der Waals surface area contributed by atoms with E-state index < -0.39 is 0 Å². The van der Waals surface area contributed by atoms with Gasteiger partial charge in [-0.3, -0.25) is 0 Å². The second-order valence-corrected chi connectivity index (χ2v) is 5.81. The standard InChI is InChI=1S/C12H14Br2O/c1-9-6-10(14)2-3-11(9)15-8-12(7-13)4-5-12/h2-3,6H,4-5,7-8H2,1H3. The fourth-order valence-corrected chi connectivity index (χ4v) is 2.70. The zero-order valence-electron chi connectivity index (χ0n) is 8.72. The predicted octanol–water partition coefficient (Wildman–Crippen LogP) is 4.31. The first kappa shape index (κ1) is 11.5. The van der Waals surface area contributed by atoms with E-state index in [9.17, 15) is 0 Å². The summed E-state index contributed by atoms with van der Waals surface area (Å²) in [6.45, 7) is 2.91. The zero-order valence-corrected chi connectivity index (χ0v) is 11.9. The number of hydrogen-bond donors (Lipinski definition) is 0. The van der Waals surface area contributed by atoms with E-state index in [1.54, 1.807) is 0 Å². The summed E-state index contributed by atoms with van der Waals surface area (Å²) in [5, 5.41) is 1.05. The number of aryl methyl sites for hydroxylation is 1. The lowest BCUT2D eigenvalue weighted by atomic mass is 10.1. The third-order valence-electron chi connectivity index (χ3n) is 2.91. The van der Waals surface area contributed by atoms with Crippen LogP contribution < -0.4 is 4.74 Å². The zero-order chi connectivity index (χ0) is 10.9. The van der Waals surface area contributed by atoms with Crippen LogP contribution in [0.3, 0.4) is 0 Å². The van der Waals surface area contributed by atoms with Crippen LogP contribution >= 0.6 is 31.9 Å². The topological polar surface area (TPSA) is 9.23 Å². The molecule has 1 aliphatic carbocycles. The van der Waals surface area contributed by atoms with Crippen LogP contribution in [0, 0.1) is 12.3 Å². The van der Waals surface area contributed by atoms with Gasteiger partial charge >= 0.3 is 0 Å². The molecule has 0 aliphatic heterocycles. The Labute approximate surface area is 107 Å². The molecule has 3 heteroatoms. The van der Waals surface area contributed by atoms with Crippen LogP contribution in [0.25, 0.3) is 0 Å². The Morgan fingerprint density at radius 3 is 2.67 bits per heavy atom. The summed E-state index contributed by atoms with van der Waals surface area (Å²) in [4.78, 5) is 0. The minimum atomic E-state index is 0.416. The van der Waals surface area contributed by atoms with Crippen molar-refractivity contribution < 1.29 is 4.74 Å². The molecule has 0 atom stereocenters. The van der Waals surface area contributed by atoms with Crippen molar-refractivity contribution in [2.24, 2.45) is 5.41 Å². The van der Waals surface area contributed by atoms with E-state index in [4.69, 9.17) is 4.74 Å². The Morgan fingerprint density at radius 1 is 1.40 bits per heavy atom. The van der Waals surface area contributed by atoms with Crippen LogP contribution in [0.1, 0.15) is 18.4 Å². The maximum absolute atomic E-state index is 5.86. The third kappa shape index (κ3) is 2.76. The molecule has 1 fully saturated rings. The summed E-state index contributed by atoms with van der Waals surface area (Å²) < 4.78 is 6.96. The highest BCUT2D eigenvalue weighted by Gasteiger charge is 2.42. The second-order valence-electron chi connectivity index (χ2n) is 4.33. The highest BCUT2D eigenvalue weighted by molar-refractivity contribution is 9.10. The average Bonchev–Trinajstić information content (AvgIpc) is 2.97. The van der Waals surface area contributed by atoms with Crippen LogP contribution in [0.5, 0.6) is 5.75 Å². The summed E-state index contributed by atoms with van der Waals surface area (Å²) >= 11 is 7.00. The van der Waals surface area contributed by atoms with Crippen LogP contribution in [0.15, 0.2) is 22.7 Å². The van der Waals surface area contributed by atoms with E-state index in [2.05, 4.69) is 44.8 Å². The monoisotopic (exact) mass is 332 g/mol. The molecule has 0 spiro atoms. The normalized spacial score (nSPS) is 17.5. The lowest BCUT2D eigenvalue weighted by Crippen LogP contribution is -2.14. The van der Waals surface area contributed by atoms with Gasteiger partial charge in [0.2, 0.25) is 0 Å². The fraction of sp³-hybridized carbons (Fsp3) is 0.500. The van der Waals surface area contributed by atoms with Crippen LogP contribution in [-0.2, 0) is 0 Å². The van der Waals surface area contributed by atoms with Crippen molar-refractivity contribution in [3.8, 4) is 5.75 Å². The van der Waals surface area contributed by atoms with Gasteiger partial charge < -0.3 is 4.74 Å². The Kier molecular flexibility index (Phi) is 3.41. The van der Waals surface area contributed by atoms with Gasteiger partial charge in [-0.2, -0.15) is 0 Å². The molecule has 0 unspecified atom stereocenters. The Balaban J connectivity index is 1.99. The first-order valence-corrected chi connectivity index (χ1v) is 7.02. The summed E-state index contributed by atoms with van der Waals surface area (Å²) in [5.74, 6) is 1.01. The van der Waals surface area contributed by atoms with E-state index >= 15 is 0 Å². The fourth-order valence-electron chi connectivity index (χ4n) is 1.50. The van der Waals surface area contributed by atoms with Gasteiger partial charge in [-0.25, -0.2) is 0 Å². The number of hydrogen-bond acceptors (Lipinski definition) is 1. The number of ether oxygens (including phenoxy) is 1. The van der Waals surface area contributed by atoms with Gasteiger partial charge in [-0.05, 0) is 43.5 Å². The van der Waals surface area contributed by atoms with Gasteiger partial charge in [0.25, 0.3) is 0 Å². The molecule has 2 rings (SSSR count). The highest BCUT2D eigenvalue weighted by Crippen LogP contribution is 2.47. The molecule has 1 nitrogen and oxygen atoms in total. The molecule has 15 heavy (non-hydrogen) atoms. The molecular weight excluding hydrogens is 320 g/mol. The number of benzene rings is 1. The number of alkyl halides is 1. The maximum Gasteiger partial charge on any atom is 0.122 e. The van der Waals surface area contributed by atoms with Crippen LogP contribution in [0.2, 0.25) is 0 Å². The maximum atomic E-state index is 5.86. The smallest absolute Gasteiger partial charge is 0.122 e. The lowest BCUT2D eigenvalue weighted by Gasteiger charge is -2.14. The van der Waals surface area contributed by atoms with E-state index in [1.807, 2.05) is 12.1 Å². The first-order chi connectivity index (χ1) is 7.15. The molecule has 1 aliphatic rings. The molecule has 1 aromatic carbocycles. The molecule has 0 amide bonds. The van der Waals surface area contributed by atoms with Gasteiger partial charge in [-0.15, -0.1) is 0 Å². The Bertz CT molecular complexity index is 359. The molecule has 82 valence electrons. The SMILES string of the molecule is Cc1cc(Br)ccc1OCC1(CBr)CC1. The first-order valence-electron chi connectivity index (χ1n) is 5.10. The molecule has 0 bridgehead atoms. The van der Waals surface area contributed by atoms with Crippen molar-refractivity contribution >= 4 is 31.9 Å². The van der Waals surface area contributed by atoms with Gasteiger partial charge in [0.1, 0.15) is 5.75 Å². The van der Waals surface area contributed by atoms with Gasteiger partial charge in [0, 0.05) is 15.2 Å². The molecular formula is C12H14Br2O. The number of rotatable bonds is 4. The van der Waals surface area contributed by atoms with E-state index in [1.165, 1.54) is 18.4 Å². The quantitative estimate of drug-likeness (QED) is 0.746. The molecule has 0 heterocycles. The van der Waals surface area contributed by atoms with E-state index in [0.29, 0.717) is 5.41 Å². The van der Waals surface area contributed by atoms with Gasteiger partial charge in [0.15, 0.2) is 0 Å². The van der Waals surface area contributed by atoms with Crippen molar-refractivity contribution in [2.75, 3.05) is 11.9 Å². The largest absolute Gasteiger partial charge is 0.493 e. The highest BCUT2D eigenvalue weighted by atomic mass is 79.9. The minimum Gasteiger partial charge on any atom is -0.493 e. The number of halogens is 2. The van der Waals surface area contributed by atoms with Gasteiger partial charge in [-0.1, -0.05) is 31.9 Å². The van der Waals surface area contributed by atoms with Gasteiger partial charge in [0.05, 0.1) is 6.61 Å². The summed E-state index contributed by atoms with van der Waals surface area (Å²) in [6, 6.07) is 6.14. The van der Waals surface area contributed by atoms with E-state index in [0.717, 1.165) is 22.2 Å². The van der Waals surface area contributed by atoms with E-state index in [-0.39, 0.29) is 0 Å². The molecule has 0 N–H and O–H groups in total. The van der Waals surface area contributed by atoms with Crippen molar-refractivity contribution in [1.29, 1.82) is 0 Å². The summed E-state index contributed by atoms with van der Waals surface area (Å²) in [6.07, 6.45) is 2.57. The lowest BCUT2D eigenvalue weighted by molar-refractivity contribution is 0.250. The minimum absolute atomic E-state index is 0.416. The second kappa shape index (κ2) is 4.46. The van der Waals surface area contributed by atoms with Crippen molar-refractivity contribution in [2.45, 2.75) is 19.8 Å². The summed E-state index contributed by atoms with van der Waals surface area (Å²) in [5.41, 5.74) is 1.61. The van der Waals surface area contributed by atoms with Crippen LogP contribution in [-0.4, -0.2) is 11.9 Å². The van der Waals surface area contributed by atoms with Crippen LogP contribution in [0.4, 0.5) is 0 Å².